The van der Waals surface area contributed by atoms with Gasteiger partial charge in [-0.3, -0.25) is 4.90 Å². The normalized spacial score (nSPS) is 19.6. The Morgan fingerprint density at radius 1 is 1.53 bits per heavy atom. The quantitative estimate of drug-likeness (QED) is 0.655. The summed E-state index contributed by atoms with van der Waals surface area (Å²) < 4.78 is 0. The van der Waals surface area contributed by atoms with Gasteiger partial charge in [0.15, 0.2) is 0 Å². The van der Waals surface area contributed by atoms with Crippen molar-refractivity contribution in [1.82, 2.24) is 5.32 Å². The highest BCUT2D eigenvalue weighted by Gasteiger charge is 2.25. The highest BCUT2D eigenvalue weighted by molar-refractivity contribution is 5.93. The van der Waals surface area contributed by atoms with Crippen LogP contribution in [-0.4, -0.2) is 25.7 Å². The Kier molecular flexibility index (Phi) is 2.60. The lowest BCUT2D eigenvalue weighted by Crippen LogP contribution is -2.49. The molecule has 0 spiro atoms. The molecule has 0 fully saturated rings. The molecule has 2 rings (SSSR count). The Balaban J connectivity index is 2.38. The van der Waals surface area contributed by atoms with Gasteiger partial charge in [-0.15, -0.1) is 0 Å². The molecule has 1 aromatic carbocycles. The first-order chi connectivity index (χ1) is 7.22. The third-order valence-electron chi connectivity index (χ3n) is 2.64. The van der Waals surface area contributed by atoms with Crippen LogP contribution >= 0.6 is 0 Å². The second kappa shape index (κ2) is 3.90. The van der Waals surface area contributed by atoms with E-state index in [4.69, 9.17) is 5.73 Å². The fourth-order valence-corrected chi connectivity index (χ4v) is 1.95. The van der Waals surface area contributed by atoms with E-state index in [0.29, 0.717) is 6.54 Å². The van der Waals surface area contributed by atoms with E-state index in [-0.39, 0.29) is 12.1 Å². The van der Waals surface area contributed by atoms with Gasteiger partial charge in [-0.25, -0.2) is 4.79 Å². The third kappa shape index (κ3) is 1.80. The van der Waals surface area contributed by atoms with Crippen LogP contribution < -0.4 is 16.0 Å². The van der Waals surface area contributed by atoms with Gasteiger partial charge in [0.25, 0.3) is 0 Å². The summed E-state index contributed by atoms with van der Waals surface area (Å²) in [4.78, 5) is 13.3. The molecule has 0 bridgehead atoms. The first kappa shape index (κ1) is 9.98. The topological polar surface area (TPSA) is 58.4 Å². The van der Waals surface area contributed by atoms with Crippen molar-refractivity contribution in [3.8, 4) is 0 Å². The van der Waals surface area contributed by atoms with E-state index in [9.17, 15) is 4.79 Å². The summed E-state index contributed by atoms with van der Waals surface area (Å²) in [6, 6.07) is 7.81. The monoisotopic (exact) mass is 205 g/mol. The molecule has 0 aromatic heterocycles. The smallest absolute Gasteiger partial charge is 0.321 e. The summed E-state index contributed by atoms with van der Waals surface area (Å²) in [5.41, 5.74) is 8.02. The third-order valence-corrected chi connectivity index (χ3v) is 2.64. The first-order valence-corrected chi connectivity index (χ1v) is 5.05. The molecule has 1 heterocycles. The summed E-state index contributed by atoms with van der Waals surface area (Å²) in [7, 11) is 1.63. The van der Waals surface area contributed by atoms with Crippen LogP contribution in [0.25, 0.3) is 0 Å². The number of urea groups is 1. The number of anilines is 1. The van der Waals surface area contributed by atoms with Crippen molar-refractivity contribution in [2.75, 3.05) is 18.5 Å². The minimum absolute atomic E-state index is 0.0252. The lowest BCUT2D eigenvalue weighted by molar-refractivity contribution is 0.247. The standard InChI is InChI=1S/C11H15N3O/c1-13-11(15)14-7-9(12)6-8-4-2-3-5-10(8)14/h2-5,9H,6-7,12H2,1H3,(H,13,15). The van der Waals surface area contributed by atoms with Crippen molar-refractivity contribution in [2.24, 2.45) is 5.73 Å². The van der Waals surface area contributed by atoms with E-state index in [2.05, 4.69) is 5.32 Å². The number of fused-ring (bicyclic) bond motifs is 1. The Morgan fingerprint density at radius 3 is 3.00 bits per heavy atom. The van der Waals surface area contributed by atoms with Gasteiger partial charge in [0, 0.05) is 25.3 Å². The molecule has 4 nitrogen and oxygen atoms in total. The molecule has 1 atom stereocenters. The Bertz CT molecular complexity index is 378. The van der Waals surface area contributed by atoms with Gasteiger partial charge < -0.3 is 11.1 Å². The Hall–Kier alpha value is -1.55. The SMILES string of the molecule is CNC(=O)N1CC(N)Cc2ccccc21. The number of nitrogens with two attached hydrogens (primary N) is 1. The number of para-hydroxylation sites is 1. The average Bonchev–Trinajstić information content (AvgIpc) is 2.26. The molecule has 3 N–H and O–H groups in total. The van der Waals surface area contributed by atoms with Crippen LogP contribution in [0.15, 0.2) is 24.3 Å². The highest BCUT2D eigenvalue weighted by Crippen LogP contribution is 2.25. The number of hydrogen-bond donors (Lipinski definition) is 2. The number of benzene rings is 1. The summed E-state index contributed by atoms with van der Waals surface area (Å²) in [6.07, 6.45) is 0.837. The molecule has 4 heteroatoms. The molecule has 1 aliphatic rings. The lowest BCUT2D eigenvalue weighted by Gasteiger charge is -2.32. The molecule has 0 saturated carbocycles. The van der Waals surface area contributed by atoms with Crippen LogP contribution in [0.2, 0.25) is 0 Å². The molecular formula is C11H15N3O. The van der Waals surface area contributed by atoms with Crippen LogP contribution in [0.1, 0.15) is 5.56 Å². The minimum atomic E-state index is -0.0994. The molecule has 80 valence electrons. The van der Waals surface area contributed by atoms with Gasteiger partial charge in [-0.05, 0) is 18.1 Å². The summed E-state index contributed by atoms with van der Waals surface area (Å²) in [5, 5.41) is 2.63. The first-order valence-electron chi connectivity index (χ1n) is 5.05. The molecule has 2 amide bonds. The van der Waals surface area contributed by atoms with Crippen LogP contribution in [0.3, 0.4) is 0 Å². The number of amides is 2. The lowest BCUT2D eigenvalue weighted by atomic mass is 9.99. The van der Waals surface area contributed by atoms with E-state index in [0.717, 1.165) is 17.7 Å². The second-order valence-corrected chi connectivity index (χ2v) is 3.76. The second-order valence-electron chi connectivity index (χ2n) is 3.76. The highest BCUT2D eigenvalue weighted by atomic mass is 16.2. The maximum Gasteiger partial charge on any atom is 0.321 e. The minimum Gasteiger partial charge on any atom is -0.341 e. The number of carbonyl (C=O) groups is 1. The molecule has 0 radical (unpaired) electrons. The summed E-state index contributed by atoms with van der Waals surface area (Å²) in [5.74, 6) is 0. The number of rotatable bonds is 0. The maximum atomic E-state index is 11.6. The fraction of sp³-hybridized carbons (Fsp3) is 0.364. The van der Waals surface area contributed by atoms with E-state index < -0.39 is 0 Å². The van der Waals surface area contributed by atoms with Crippen LogP contribution in [0.5, 0.6) is 0 Å². The number of nitrogens with one attached hydrogen (secondary N) is 1. The van der Waals surface area contributed by atoms with Crippen molar-refractivity contribution in [1.29, 1.82) is 0 Å². The average molecular weight is 205 g/mol. The zero-order valence-electron chi connectivity index (χ0n) is 8.73. The molecule has 1 unspecified atom stereocenters. The van der Waals surface area contributed by atoms with Gasteiger partial charge in [0.2, 0.25) is 0 Å². The predicted molar refractivity (Wildman–Crippen MR) is 59.9 cm³/mol. The summed E-state index contributed by atoms with van der Waals surface area (Å²) >= 11 is 0. The molecule has 0 aliphatic carbocycles. The number of carbonyl (C=O) groups excluding carboxylic acids is 1. The molecule has 15 heavy (non-hydrogen) atoms. The van der Waals surface area contributed by atoms with Gasteiger partial charge in [0.05, 0.1) is 0 Å². The van der Waals surface area contributed by atoms with Crippen molar-refractivity contribution in [2.45, 2.75) is 12.5 Å². The van der Waals surface area contributed by atoms with Crippen LogP contribution in [-0.2, 0) is 6.42 Å². The Labute approximate surface area is 89.1 Å². The molecule has 1 aromatic rings. The molecular weight excluding hydrogens is 190 g/mol. The Morgan fingerprint density at radius 2 is 2.27 bits per heavy atom. The van der Waals surface area contributed by atoms with Crippen molar-refractivity contribution >= 4 is 11.7 Å². The molecule has 1 aliphatic heterocycles. The zero-order chi connectivity index (χ0) is 10.8. The van der Waals surface area contributed by atoms with E-state index in [1.807, 2.05) is 24.3 Å². The van der Waals surface area contributed by atoms with Crippen molar-refractivity contribution in [3.63, 3.8) is 0 Å². The van der Waals surface area contributed by atoms with E-state index in [1.165, 1.54) is 0 Å². The van der Waals surface area contributed by atoms with Crippen LogP contribution in [0, 0.1) is 0 Å². The van der Waals surface area contributed by atoms with Gasteiger partial charge in [-0.2, -0.15) is 0 Å². The van der Waals surface area contributed by atoms with Gasteiger partial charge in [0.1, 0.15) is 0 Å². The zero-order valence-corrected chi connectivity index (χ0v) is 8.73. The fourth-order valence-electron chi connectivity index (χ4n) is 1.95. The van der Waals surface area contributed by atoms with Gasteiger partial charge >= 0.3 is 6.03 Å². The maximum absolute atomic E-state index is 11.6. The summed E-state index contributed by atoms with van der Waals surface area (Å²) in [6.45, 7) is 0.580. The van der Waals surface area contributed by atoms with Gasteiger partial charge in [-0.1, -0.05) is 18.2 Å². The number of hydrogen-bond acceptors (Lipinski definition) is 2. The number of nitrogens with zero attached hydrogens (tertiary/aromatic N) is 1. The largest absolute Gasteiger partial charge is 0.341 e. The van der Waals surface area contributed by atoms with Crippen LogP contribution in [0.4, 0.5) is 10.5 Å². The molecule has 0 saturated heterocycles. The van der Waals surface area contributed by atoms with E-state index in [1.54, 1.807) is 11.9 Å². The van der Waals surface area contributed by atoms with Crippen molar-refractivity contribution < 1.29 is 4.79 Å². The predicted octanol–water partition coefficient (Wildman–Crippen LogP) is 0.716. The van der Waals surface area contributed by atoms with E-state index >= 15 is 0 Å². The van der Waals surface area contributed by atoms with Crippen molar-refractivity contribution in [3.05, 3.63) is 29.8 Å².